The van der Waals surface area contributed by atoms with E-state index in [4.69, 9.17) is 21.3 Å². The third-order valence-electron chi connectivity index (χ3n) is 3.50. The molecule has 1 aliphatic rings. The molecule has 0 saturated heterocycles. The summed E-state index contributed by atoms with van der Waals surface area (Å²) < 4.78 is 5.41. The molecule has 0 unspecified atom stereocenters. The van der Waals surface area contributed by atoms with Crippen LogP contribution >= 0.6 is 11.6 Å². The molecule has 4 nitrogen and oxygen atoms in total. The van der Waals surface area contributed by atoms with Gasteiger partial charge in [-0.15, -0.1) is 0 Å². The van der Waals surface area contributed by atoms with Crippen LogP contribution in [0, 0.1) is 0 Å². The van der Waals surface area contributed by atoms with Crippen LogP contribution in [-0.4, -0.2) is 23.6 Å². The van der Waals surface area contributed by atoms with E-state index in [1.54, 1.807) is 13.2 Å². The molecule has 3 rings (SSSR count). The van der Waals surface area contributed by atoms with Crippen LogP contribution in [0.5, 0.6) is 5.75 Å². The van der Waals surface area contributed by atoms with Gasteiger partial charge in [-0.25, -0.2) is 9.97 Å². The average molecular weight is 304 g/mol. The Hall–Kier alpha value is -1.81. The summed E-state index contributed by atoms with van der Waals surface area (Å²) in [7, 11) is 1.63. The van der Waals surface area contributed by atoms with Crippen LogP contribution in [0.1, 0.15) is 31.4 Å². The maximum absolute atomic E-state index is 6.02. The van der Waals surface area contributed by atoms with Gasteiger partial charge in [0.15, 0.2) is 5.82 Å². The van der Waals surface area contributed by atoms with Gasteiger partial charge in [0, 0.05) is 29.2 Å². The maximum atomic E-state index is 6.02. The first-order chi connectivity index (χ1) is 10.2. The second kappa shape index (κ2) is 5.90. The molecule has 0 bridgehead atoms. The molecule has 21 heavy (non-hydrogen) atoms. The standard InChI is InChI=1S/C16H18ClN3O/c1-3-18-15-9-13(10-4-5-10)19-16(20-15)12-7-6-11(17)8-14(12)21-2/h6-10H,3-5H2,1-2H3,(H,18,19,20). The lowest BCUT2D eigenvalue weighted by molar-refractivity contribution is 0.416. The molecule has 1 fully saturated rings. The largest absolute Gasteiger partial charge is 0.496 e. The first-order valence-electron chi connectivity index (χ1n) is 7.18. The van der Waals surface area contributed by atoms with Crippen molar-refractivity contribution in [1.29, 1.82) is 0 Å². The smallest absolute Gasteiger partial charge is 0.165 e. The van der Waals surface area contributed by atoms with E-state index < -0.39 is 0 Å². The minimum Gasteiger partial charge on any atom is -0.496 e. The zero-order valence-corrected chi connectivity index (χ0v) is 12.9. The Morgan fingerprint density at radius 1 is 1.29 bits per heavy atom. The number of methoxy groups -OCH3 is 1. The molecule has 2 aromatic rings. The van der Waals surface area contributed by atoms with Gasteiger partial charge < -0.3 is 10.1 Å². The number of anilines is 1. The minimum atomic E-state index is 0.572. The number of nitrogens with zero attached hydrogens (tertiary/aromatic N) is 2. The minimum absolute atomic E-state index is 0.572. The Kier molecular flexibility index (Phi) is 3.97. The molecular weight excluding hydrogens is 286 g/mol. The van der Waals surface area contributed by atoms with Crippen molar-refractivity contribution < 1.29 is 4.74 Å². The molecule has 1 saturated carbocycles. The van der Waals surface area contributed by atoms with Gasteiger partial charge in [-0.3, -0.25) is 0 Å². The van der Waals surface area contributed by atoms with Crippen LogP contribution in [0.4, 0.5) is 5.82 Å². The summed E-state index contributed by atoms with van der Waals surface area (Å²) in [5, 5.41) is 3.91. The second-order valence-corrected chi connectivity index (χ2v) is 5.59. The number of hydrogen-bond donors (Lipinski definition) is 1. The molecule has 1 aliphatic carbocycles. The summed E-state index contributed by atoms with van der Waals surface area (Å²) in [6, 6.07) is 7.58. The normalized spacial score (nSPS) is 14.0. The number of halogens is 1. The Balaban J connectivity index is 2.08. The predicted octanol–water partition coefficient (Wildman–Crippen LogP) is 4.11. The third kappa shape index (κ3) is 3.10. The van der Waals surface area contributed by atoms with Crippen molar-refractivity contribution in [1.82, 2.24) is 9.97 Å². The van der Waals surface area contributed by atoms with Gasteiger partial charge in [0.05, 0.1) is 12.7 Å². The summed E-state index contributed by atoms with van der Waals surface area (Å²) >= 11 is 6.02. The SMILES string of the molecule is CCNc1cc(C2CC2)nc(-c2ccc(Cl)cc2OC)n1. The molecule has 0 spiro atoms. The van der Waals surface area contributed by atoms with Crippen molar-refractivity contribution in [3.8, 4) is 17.1 Å². The lowest BCUT2D eigenvalue weighted by atomic mass is 10.1. The van der Waals surface area contributed by atoms with Gasteiger partial charge in [-0.1, -0.05) is 11.6 Å². The second-order valence-electron chi connectivity index (χ2n) is 5.15. The molecule has 1 aromatic carbocycles. The van der Waals surface area contributed by atoms with E-state index in [9.17, 15) is 0 Å². The molecule has 0 aliphatic heterocycles. The number of aromatic nitrogens is 2. The first kappa shape index (κ1) is 14.1. The number of benzene rings is 1. The van der Waals surface area contributed by atoms with Crippen molar-refractivity contribution in [3.05, 3.63) is 35.0 Å². The van der Waals surface area contributed by atoms with E-state index >= 15 is 0 Å². The fourth-order valence-corrected chi connectivity index (χ4v) is 2.46. The lowest BCUT2D eigenvalue weighted by Gasteiger charge is -2.11. The van der Waals surface area contributed by atoms with Gasteiger partial charge in [0.25, 0.3) is 0 Å². The Morgan fingerprint density at radius 3 is 2.76 bits per heavy atom. The summed E-state index contributed by atoms with van der Waals surface area (Å²) in [6.45, 7) is 2.89. The van der Waals surface area contributed by atoms with Crippen LogP contribution in [0.2, 0.25) is 5.02 Å². The fourth-order valence-electron chi connectivity index (χ4n) is 2.30. The summed E-state index contributed by atoms with van der Waals surface area (Å²) in [5.41, 5.74) is 1.97. The van der Waals surface area contributed by atoms with E-state index in [0.717, 1.165) is 23.6 Å². The van der Waals surface area contributed by atoms with Gasteiger partial charge in [0.2, 0.25) is 0 Å². The number of rotatable bonds is 5. The third-order valence-corrected chi connectivity index (χ3v) is 3.74. The van der Waals surface area contributed by atoms with Crippen LogP contribution in [-0.2, 0) is 0 Å². The number of hydrogen-bond acceptors (Lipinski definition) is 4. The molecule has 1 N–H and O–H groups in total. The van der Waals surface area contributed by atoms with Crippen molar-refractivity contribution in [3.63, 3.8) is 0 Å². The van der Waals surface area contributed by atoms with Crippen LogP contribution in [0.15, 0.2) is 24.3 Å². The van der Waals surface area contributed by atoms with E-state index in [0.29, 0.717) is 22.5 Å². The van der Waals surface area contributed by atoms with E-state index in [2.05, 4.69) is 17.2 Å². The van der Waals surface area contributed by atoms with E-state index in [-0.39, 0.29) is 0 Å². The molecule has 0 atom stereocenters. The quantitative estimate of drug-likeness (QED) is 0.903. The number of ether oxygens (including phenoxy) is 1. The highest BCUT2D eigenvalue weighted by Crippen LogP contribution is 2.41. The number of nitrogens with one attached hydrogen (secondary N) is 1. The Morgan fingerprint density at radius 2 is 2.10 bits per heavy atom. The zero-order chi connectivity index (χ0) is 14.8. The summed E-state index contributed by atoms with van der Waals surface area (Å²) in [6.07, 6.45) is 2.42. The molecule has 110 valence electrons. The fraction of sp³-hybridized carbons (Fsp3) is 0.375. The summed E-state index contributed by atoms with van der Waals surface area (Å²) in [5.74, 6) is 2.81. The molecule has 0 radical (unpaired) electrons. The van der Waals surface area contributed by atoms with Crippen molar-refractivity contribution in [2.75, 3.05) is 19.0 Å². The Bertz CT molecular complexity index is 656. The average Bonchev–Trinajstić information content (AvgIpc) is 3.31. The highest BCUT2D eigenvalue weighted by atomic mass is 35.5. The van der Waals surface area contributed by atoms with Crippen molar-refractivity contribution in [2.24, 2.45) is 0 Å². The van der Waals surface area contributed by atoms with E-state index in [1.165, 1.54) is 12.8 Å². The van der Waals surface area contributed by atoms with Gasteiger partial charge >= 0.3 is 0 Å². The van der Waals surface area contributed by atoms with Crippen LogP contribution in [0.25, 0.3) is 11.4 Å². The van der Waals surface area contributed by atoms with Gasteiger partial charge in [0.1, 0.15) is 11.6 Å². The molecule has 5 heteroatoms. The molecule has 0 amide bonds. The van der Waals surface area contributed by atoms with E-state index in [1.807, 2.05) is 18.2 Å². The summed E-state index contributed by atoms with van der Waals surface area (Å²) in [4.78, 5) is 9.31. The van der Waals surface area contributed by atoms with Crippen LogP contribution < -0.4 is 10.1 Å². The molecule has 1 heterocycles. The molecular formula is C16H18ClN3O. The zero-order valence-electron chi connectivity index (χ0n) is 12.2. The lowest BCUT2D eigenvalue weighted by Crippen LogP contribution is -2.04. The maximum Gasteiger partial charge on any atom is 0.165 e. The van der Waals surface area contributed by atoms with Gasteiger partial charge in [-0.05, 0) is 38.0 Å². The predicted molar refractivity (Wildman–Crippen MR) is 85.2 cm³/mol. The Labute approximate surface area is 129 Å². The van der Waals surface area contributed by atoms with Crippen molar-refractivity contribution >= 4 is 17.4 Å². The van der Waals surface area contributed by atoms with Crippen molar-refractivity contribution in [2.45, 2.75) is 25.7 Å². The highest BCUT2D eigenvalue weighted by molar-refractivity contribution is 6.30. The van der Waals surface area contributed by atoms with Gasteiger partial charge in [-0.2, -0.15) is 0 Å². The first-order valence-corrected chi connectivity index (χ1v) is 7.55. The van der Waals surface area contributed by atoms with Crippen LogP contribution in [0.3, 0.4) is 0 Å². The highest BCUT2D eigenvalue weighted by Gasteiger charge is 2.26. The monoisotopic (exact) mass is 303 g/mol. The molecule has 1 aromatic heterocycles. The topological polar surface area (TPSA) is 47.0 Å².